The third-order valence-corrected chi connectivity index (χ3v) is 4.85. The molecular weight excluding hydrogens is 280 g/mol. The summed E-state index contributed by atoms with van der Waals surface area (Å²) in [6, 6.07) is 10.1. The van der Waals surface area contributed by atoms with Crippen LogP contribution in [0.5, 0.6) is 0 Å². The molecule has 1 aromatic carbocycles. The molecule has 0 heterocycles. The molecule has 0 spiro atoms. The Labute approximate surface area is 130 Å². The van der Waals surface area contributed by atoms with E-state index in [-0.39, 0.29) is 17.8 Å². The summed E-state index contributed by atoms with van der Waals surface area (Å²) in [5.41, 5.74) is 1.08. The minimum atomic E-state index is -0.154. The van der Waals surface area contributed by atoms with Crippen LogP contribution in [0.2, 0.25) is 0 Å². The van der Waals surface area contributed by atoms with Crippen molar-refractivity contribution >= 4 is 16.9 Å². The summed E-state index contributed by atoms with van der Waals surface area (Å²) >= 11 is 0. The Balaban J connectivity index is 2.10. The minimum absolute atomic E-state index is 0.0665. The molecule has 1 aliphatic rings. The molecule has 0 amide bonds. The minimum Gasteiger partial charge on any atom is -0.460 e. The van der Waals surface area contributed by atoms with Crippen LogP contribution in [0.25, 0.3) is 0 Å². The van der Waals surface area contributed by atoms with Crippen molar-refractivity contribution in [2.45, 2.75) is 25.2 Å². The number of hydrogen-bond donors (Lipinski definition) is 0. The number of rotatable bonds is 6. The highest BCUT2D eigenvalue weighted by Gasteiger charge is 2.30. The van der Waals surface area contributed by atoms with Crippen LogP contribution in [0.3, 0.4) is 0 Å². The Kier molecular flexibility index (Phi) is 6.37. The molecule has 0 saturated heterocycles. The van der Waals surface area contributed by atoms with Crippen LogP contribution >= 0.6 is 0 Å². The van der Waals surface area contributed by atoms with E-state index < -0.39 is 0 Å². The van der Waals surface area contributed by atoms with E-state index in [1.807, 2.05) is 30.3 Å². The highest BCUT2D eigenvalue weighted by atomic mass is 32.2. The van der Waals surface area contributed by atoms with Gasteiger partial charge < -0.3 is 4.74 Å². The SMILES string of the molecule is C[S+](C)CCOC(=O)C(c1ccccc1)C1C=CCCC1. The highest BCUT2D eigenvalue weighted by molar-refractivity contribution is 7.95. The number of esters is 1. The molecule has 0 radical (unpaired) electrons. The topological polar surface area (TPSA) is 26.3 Å². The lowest BCUT2D eigenvalue weighted by Gasteiger charge is -2.25. The Bertz CT molecular complexity index is 467. The van der Waals surface area contributed by atoms with Gasteiger partial charge in [-0.1, -0.05) is 42.5 Å². The van der Waals surface area contributed by atoms with Gasteiger partial charge in [0, 0.05) is 0 Å². The molecule has 2 rings (SSSR count). The molecule has 3 heteroatoms. The van der Waals surface area contributed by atoms with Crippen molar-refractivity contribution in [3.63, 3.8) is 0 Å². The fraction of sp³-hybridized carbons (Fsp3) is 0.500. The molecule has 2 unspecified atom stereocenters. The predicted molar refractivity (Wildman–Crippen MR) is 90.7 cm³/mol. The van der Waals surface area contributed by atoms with Crippen LogP contribution in [-0.4, -0.2) is 30.8 Å². The average Bonchev–Trinajstić information content (AvgIpc) is 2.49. The first-order chi connectivity index (χ1) is 10.2. The summed E-state index contributed by atoms with van der Waals surface area (Å²) in [6.45, 7) is 0.536. The molecule has 0 aliphatic heterocycles. The highest BCUT2D eigenvalue weighted by Crippen LogP contribution is 2.33. The molecule has 0 aromatic heterocycles. The van der Waals surface area contributed by atoms with Crippen LogP contribution in [0.4, 0.5) is 0 Å². The lowest BCUT2D eigenvalue weighted by atomic mass is 9.80. The Morgan fingerprint density at radius 3 is 2.71 bits per heavy atom. The first-order valence-electron chi connectivity index (χ1n) is 7.61. The van der Waals surface area contributed by atoms with E-state index in [9.17, 15) is 4.79 Å². The van der Waals surface area contributed by atoms with E-state index in [1.54, 1.807) is 0 Å². The summed E-state index contributed by atoms with van der Waals surface area (Å²) < 4.78 is 5.56. The van der Waals surface area contributed by atoms with Gasteiger partial charge >= 0.3 is 5.97 Å². The smallest absolute Gasteiger partial charge is 0.314 e. The standard InChI is InChI=1S/C18H25O2S/c1-21(2)14-13-20-18(19)17(15-9-5-3-6-10-15)16-11-7-4-8-12-16/h3,5-7,9-11,16-17H,4,8,12-14H2,1-2H3/q+1. The van der Waals surface area contributed by atoms with Crippen molar-refractivity contribution in [3.8, 4) is 0 Å². The number of carbonyl (C=O) groups is 1. The van der Waals surface area contributed by atoms with Gasteiger partial charge in [0.25, 0.3) is 0 Å². The first kappa shape index (κ1) is 16.2. The van der Waals surface area contributed by atoms with E-state index in [0.29, 0.717) is 17.5 Å². The van der Waals surface area contributed by atoms with Crippen molar-refractivity contribution in [1.82, 2.24) is 0 Å². The van der Waals surface area contributed by atoms with Crippen LogP contribution in [0.15, 0.2) is 42.5 Å². The number of allylic oxidation sites excluding steroid dienone is 2. The van der Waals surface area contributed by atoms with E-state index in [4.69, 9.17) is 4.74 Å². The molecule has 2 atom stereocenters. The van der Waals surface area contributed by atoms with Crippen LogP contribution < -0.4 is 0 Å². The van der Waals surface area contributed by atoms with Crippen LogP contribution in [0, 0.1) is 5.92 Å². The largest absolute Gasteiger partial charge is 0.460 e. The second-order valence-corrected chi connectivity index (χ2v) is 8.15. The van der Waals surface area contributed by atoms with Gasteiger partial charge in [-0.25, -0.2) is 0 Å². The second-order valence-electron chi connectivity index (χ2n) is 5.77. The van der Waals surface area contributed by atoms with Gasteiger partial charge in [-0.2, -0.15) is 0 Å². The van der Waals surface area contributed by atoms with Crippen molar-refractivity contribution in [1.29, 1.82) is 0 Å². The average molecular weight is 305 g/mol. The first-order valence-corrected chi connectivity index (χ1v) is 9.82. The third kappa shape index (κ3) is 4.92. The second kappa shape index (κ2) is 8.28. The zero-order valence-electron chi connectivity index (χ0n) is 13.0. The molecule has 114 valence electrons. The van der Waals surface area contributed by atoms with Crippen LogP contribution in [-0.2, 0) is 20.4 Å². The number of hydrogen-bond acceptors (Lipinski definition) is 2. The lowest BCUT2D eigenvalue weighted by molar-refractivity contribution is -0.146. The van der Waals surface area contributed by atoms with Crippen molar-refractivity contribution in [3.05, 3.63) is 48.0 Å². The molecule has 21 heavy (non-hydrogen) atoms. The van der Waals surface area contributed by atoms with Crippen molar-refractivity contribution < 1.29 is 9.53 Å². The monoisotopic (exact) mass is 305 g/mol. The van der Waals surface area contributed by atoms with Crippen molar-refractivity contribution in [2.24, 2.45) is 5.92 Å². The maximum atomic E-state index is 12.6. The van der Waals surface area contributed by atoms with Gasteiger partial charge in [-0.3, -0.25) is 4.79 Å². The van der Waals surface area contributed by atoms with E-state index >= 15 is 0 Å². The van der Waals surface area contributed by atoms with E-state index in [2.05, 4.69) is 24.7 Å². The maximum absolute atomic E-state index is 12.6. The van der Waals surface area contributed by atoms with Gasteiger partial charge in [0.2, 0.25) is 0 Å². The summed E-state index contributed by atoms with van der Waals surface area (Å²) in [6.07, 6.45) is 12.1. The van der Waals surface area contributed by atoms with Gasteiger partial charge in [-0.15, -0.1) is 0 Å². The maximum Gasteiger partial charge on any atom is 0.314 e. The third-order valence-electron chi connectivity index (χ3n) is 3.87. The zero-order valence-corrected chi connectivity index (χ0v) is 13.8. The Morgan fingerprint density at radius 2 is 2.10 bits per heavy atom. The molecule has 2 nitrogen and oxygen atoms in total. The van der Waals surface area contributed by atoms with Gasteiger partial charge in [0.05, 0.1) is 18.4 Å². The van der Waals surface area contributed by atoms with Crippen molar-refractivity contribution in [2.75, 3.05) is 24.9 Å². The summed E-state index contributed by atoms with van der Waals surface area (Å²) in [5.74, 6) is 1.00. The fourth-order valence-electron chi connectivity index (χ4n) is 2.73. The molecule has 0 fully saturated rings. The summed E-state index contributed by atoms with van der Waals surface area (Å²) in [5, 5.41) is 0. The lowest BCUT2D eigenvalue weighted by Crippen LogP contribution is -2.25. The summed E-state index contributed by atoms with van der Waals surface area (Å²) in [4.78, 5) is 12.6. The molecule has 1 aromatic rings. The van der Waals surface area contributed by atoms with E-state index in [0.717, 1.165) is 30.6 Å². The summed E-state index contributed by atoms with van der Waals surface area (Å²) in [7, 11) is 0.314. The van der Waals surface area contributed by atoms with Gasteiger partial charge in [0.1, 0.15) is 12.4 Å². The van der Waals surface area contributed by atoms with Crippen LogP contribution in [0.1, 0.15) is 30.7 Å². The molecular formula is C18H25O2S+. The Hall–Kier alpha value is -1.22. The molecule has 0 N–H and O–H groups in total. The molecule has 1 aliphatic carbocycles. The zero-order chi connectivity index (χ0) is 15.1. The fourth-order valence-corrected chi connectivity index (χ4v) is 3.15. The number of carbonyl (C=O) groups excluding carboxylic acids is 1. The molecule has 0 bridgehead atoms. The van der Waals surface area contributed by atoms with E-state index in [1.165, 1.54) is 0 Å². The quantitative estimate of drug-likeness (QED) is 0.456. The normalized spacial score (nSPS) is 19.5. The Morgan fingerprint density at radius 1 is 1.33 bits per heavy atom. The predicted octanol–water partition coefficient (Wildman–Crippen LogP) is 3.55. The van der Waals surface area contributed by atoms with Gasteiger partial charge in [-0.05, 0) is 41.6 Å². The number of benzene rings is 1. The van der Waals surface area contributed by atoms with Gasteiger partial charge in [0.15, 0.2) is 0 Å². The molecule has 0 saturated carbocycles. The number of ether oxygens (including phenoxy) is 1.